The summed E-state index contributed by atoms with van der Waals surface area (Å²) >= 11 is 0. The van der Waals surface area contributed by atoms with Gasteiger partial charge in [-0.05, 0) is 44.4 Å². The number of esters is 1. The first kappa shape index (κ1) is 14.2. The number of nitrogen functional groups attached to an aromatic ring is 1. The van der Waals surface area contributed by atoms with Crippen molar-refractivity contribution < 1.29 is 14.3 Å². The van der Waals surface area contributed by atoms with Gasteiger partial charge in [-0.15, -0.1) is 0 Å². The van der Waals surface area contributed by atoms with Crippen LogP contribution in [0.25, 0.3) is 10.8 Å². The van der Waals surface area contributed by atoms with Gasteiger partial charge < -0.3 is 15.2 Å². The molecule has 2 aromatic rings. The predicted octanol–water partition coefficient (Wildman–Crippen LogP) is 3.39. The van der Waals surface area contributed by atoms with Gasteiger partial charge in [0.1, 0.15) is 11.4 Å². The molecule has 0 spiro atoms. The Morgan fingerprint density at radius 2 is 1.85 bits per heavy atom. The number of hydrogen-bond acceptors (Lipinski definition) is 4. The summed E-state index contributed by atoms with van der Waals surface area (Å²) in [6.07, 6.45) is 0. The Bertz CT molecular complexity index is 657. The number of anilines is 1. The molecule has 0 aliphatic heterocycles. The predicted molar refractivity (Wildman–Crippen MR) is 80.1 cm³/mol. The fourth-order valence-electron chi connectivity index (χ4n) is 1.98. The maximum Gasteiger partial charge on any atom is 0.338 e. The van der Waals surface area contributed by atoms with E-state index >= 15 is 0 Å². The second kappa shape index (κ2) is 5.04. The zero-order valence-electron chi connectivity index (χ0n) is 12.2. The van der Waals surface area contributed by atoms with E-state index in [2.05, 4.69) is 0 Å². The van der Waals surface area contributed by atoms with Crippen molar-refractivity contribution in [1.82, 2.24) is 0 Å². The Morgan fingerprint density at radius 1 is 1.15 bits per heavy atom. The summed E-state index contributed by atoms with van der Waals surface area (Å²) in [6, 6.07) is 8.97. The molecule has 0 saturated carbocycles. The molecule has 0 aromatic heterocycles. The van der Waals surface area contributed by atoms with Crippen LogP contribution < -0.4 is 10.5 Å². The van der Waals surface area contributed by atoms with Crippen LogP contribution in [0.5, 0.6) is 5.75 Å². The van der Waals surface area contributed by atoms with Gasteiger partial charge in [-0.1, -0.05) is 12.1 Å². The third-order valence-corrected chi connectivity index (χ3v) is 2.88. The standard InChI is InChI=1S/C16H19NO3/c1-16(2,3)20-15(18)11-5-7-12-10(9-11)6-8-13(19-4)14(12)17/h5-9H,17H2,1-4H3. The molecule has 20 heavy (non-hydrogen) atoms. The number of methoxy groups -OCH3 is 1. The summed E-state index contributed by atoms with van der Waals surface area (Å²) in [5.41, 5.74) is 6.59. The first-order valence-corrected chi connectivity index (χ1v) is 6.41. The number of hydrogen-bond donors (Lipinski definition) is 1. The molecule has 0 bridgehead atoms. The van der Waals surface area contributed by atoms with Crippen LogP contribution in [-0.4, -0.2) is 18.7 Å². The number of carbonyl (C=O) groups excluding carboxylic acids is 1. The normalized spacial score (nSPS) is 11.4. The van der Waals surface area contributed by atoms with Gasteiger partial charge in [0.05, 0.1) is 18.4 Å². The molecule has 106 valence electrons. The molecule has 0 amide bonds. The lowest BCUT2D eigenvalue weighted by atomic mass is 10.0. The summed E-state index contributed by atoms with van der Waals surface area (Å²) < 4.78 is 10.5. The van der Waals surface area contributed by atoms with Crippen molar-refractivity contribution in [3.63, 3.8) is 0 Å². The first-order valence-electron chi connectivity index (χ1n) is 6.41. The average molecular weight is 273 g/mol. The number of carbonyl (C=O) groups is 1. The highest BCUT2D eigenvalue weighted by molar-refractivity contribution is 6.00. The van der Waals surface area contributed by atoms with E-state index in [1.165, 1.54) is 0 Å². The summed E-state index contributed by atoms with van der Waals surface area (Å²) in [5.74, 6) is 0.288. The van der Waals surface area contributed by atoms with E-state index in [1.807, 2.05) is 32.9 Å². The van der Waals surface area contributed by atoms with Gasteiger partial charge in [0.2, 0.25) is 0 Å². The van der Waals surface area contributed by atoms with Crippen molar-refractivity contribution in [3.8, 4) is 5.75 Å². The van der Waals surface area contributed by atoms with E-state index < -0.39 is 5.60 Å². The lowest BCUT2D eigenvalue weighted by Gasteiger charge is -2.19. The Hall–Kier alpha value is -2.23. The Kier molecular flexibility index (Phi) is 3.57. The number of fused-ring (bicyclic) bond motifs is 1. The van der Waals surface area contributed by atoms with E-state index in [0.29, 0.717) is 17.0 Å². The van der Waals surface area contributed by atoms with Gasteiger partial charge in [-0.25, -0.2) is 4.79 Å². The van der Waals surface area contributed by atoms with Crippen molar-refractivity contribution in [1.29, 1.82) is 0 Å². The van der Waals surface area contributed by atoms with Crippen molar-refractivity contribution in [2.24, 2.45) is 0 Å². The van der Waals surface area contributed by atoms with Gasteiger partial charge >= 0.3 is 5.97 Å². The number of nitrogens with two attached hydrogens (primary N) is 1. The zero-order chi connectivity index (χ0) is 14.9. The molecule has 0 unspecified atom stereocenters. The van der Waals surface area contributed by atoms with Crippen molar-refractivity contribution in [2.45, 2.75) is 26.4 Å². The number of benzene rings is 2. The maximum absolute atomic E-state index is 12.0. The van der Waals surface area contributed by atoms with E-state index in [-0.39, 0.29) is 5.97 Å². The molecular formula is C16H19NO3. The highest BCUT2D eigenvalue weighted by atomic mass is 16.6. The number of rotatable bonds is 2. The lowest BCUT2D eigenvalue weighted by Crippen LogP contribution is -2.23. The maximum atomic E-state index is 12.0. The van der Waals surface area contributed by atoms with Crippen LogP contribution >= 0.6 is 0 Å². The molecule has 4 heteroatoms. The van der Waals surface area contributed by atoms with Gasteiger partial charge in [0.25, 0.3) is 0 Å². The monoisotopic (exact) mass is 273 g/mol. The topological polar surface area (TPSA) is 61.5 Å². The molecule has 0 aliphatic rings. The molecule has 0 fully saturated rings. The van der Waals surface area contributed by atoms with Crippen LogP contribution in [0.1, 0.15) is 31.1 Å². The van der Waals surface area contributed by atoms with Gasteiger partial charge in [-0.2, -0.15) is 0 Å². The van der Waals surface area contributed by atoms with E-state index in [9.17, 15) is 4.79 Å². The van der Waals surface area contributed by atoms with Gasteiger partial charge in [0, 0.05) is 5.39 Å². The fourth-order valence-corrected chi connectivity index (χ4v) is 1.98. The van der Waals surface area contributed by atoms with Crippen LogP contribution in [0.3, 0.4) is 0 Å². The van der Waals surface area contributed by atoms with Crippen LogP contribution in [0.2, 0.25) is 0 Å². The van der Waals surface area contributed by atoms with Crippen LogP contribution in [0.4, 0.5) is 5.69 Å². The average Bonchev–Trinajstić information content (AvgIpc) is 2.37. The zero-order valence-corrected chi connectivity index (χ0v) is 12.2. The lowest BCUT2D eigenvalue weighted by molar-refractivity contribution is 0.00697. The quantitative estimate of drug-likeness (QED) is 0.673. The second-order valence-corrected chi connectivity index (χ2v) is 5.62. The summed E-state index contributed by atoms with van der Waals surface area (Å²) in [4.78, 5) is 12.0. The molecule has 0 saturated heterocycles. The molecule has 0 radical (unpaired) electrons. The smallest absolute Gasteiger partial charge is 0.338 e. The molecule has 2 N–H and O–H groups in total. The molecule has 2 rings (SSSR count). The molecule has 2 aromatic carbocycles. The summed E-state index contributed by atoms with van der Waals surface area (Å²) in [6.45, 7) is 5.53. The van der Waals surface area contributed by atoms with Crippen molar-refractivity contribution in [3.05, 3.63) is 35.9 Å². The van der Waals surface area contributed by atoms with Gasteiger partial charge in [-0.3, -0.25) is 0 Å². The minimum absolute atomic E-state index is 0.339. The van der Waals surface area contributed by atoms with Crippen molar-refractivity contribution >= 4 is 22.4 Å². The molecular weight excluding hydrogens is 254 g/mol. The minimum atomic E-state index is -0.509. The Morgan fingerprint density at radius 3 is 2.45 bits per heavy atom. The Labute approximate surface area is 118 Å². The minimum Gasteiger partial charge on any atom is -0.495 e. The summed E-state index contributed by atoms with van der Waals surface area (Å²) in [7, 11) is 1.58. The van der Waals surface area contributed by atoms with Gasteiger partial charge in [0.15, 0.2) is 0 Å². The third kappa shape index (κ3) is 2.85. The van der Waals surface area contributed by atoms with E-state index in [4.69, 9.17) is 15.2 Å². The SMILES string of the molecule is COc1ccc2cc(C(=O)OC(C)(C)C)ccc2c1N. The third-order valence-electron chi connectivity index (χ3n) is 2.88. The van der Waals surface area contributed by atoms with Crippen LogP contribution in [-0.2, 0) is 4.74 Å². The largest absolute Gasteiger partial charge is 0.495 e. The van der Waals surface area contributed by atoms with Crippen LogP contribution in [0.15, 0.2) is 30.3 Å². The summed E-state index contributed by atoms with van der Waals surface area (Å²) in [5, 5.41) is 1.74. The molecule has 4 nitrogen and oxygen atoms in total. The van der Waals surface area contributed by atoms with Crippen LogP contribution in [0, 0.1) is 0 Å². The molecule has 0 aliphatic carbocycles. The van der Waals surface area contributed by atoms with E-state index in [1.54, 1.807) is 25.3 Å². The first-order chi connectivity index (χ1) is 9.31. The second-order valence-electron chi connectivity index (χ2n) is 5.62. The Balaban J connectivity index is 2.42. The highest BCUT2D eigenvalue weighted by Gasteiger charge is 2.18. The molecule has 0 heterocycles. The fraction of sp³-hybridized carbons (Fsp3) is 0.312. The highest BCUT2D eigenvalue weighted by Crippen LogP contribution is 2.31. The molecule has 0 atom stereocenters. The number of ether oxygens (including phenoxy) is 2. The van der Waals surface area contributed by atoms with Crippen molar-refractivity contribution in [2.75, 3.05) is 12.8 Å². The van der Waals surface area contributed by atoms with E-state index in [0.717, 1.165) is 10.8 Å².